The number of carbonyl (C=O) groups is 1. The second kappa shape index (κ2) is 5.50. The smallest absolute Gasteiger partial charge is 0.237 e. The van der Waals surface area contributed by atoms with Gasteiger partial charge in [0.25, 0.3) is 0 Å². The first-order valence-electron chi connectivity index (χ1n) is 5.07. The molecule has 0 spiro atoms. The molecule has 5 nitrogen and oxygen atoms in total. The Kier molecular flexibility index (Phi) is 4.30. The Balaban J connectivity index is 2.36. The molecule has 1 rings (SSSR count). The molecule has 1 aromatic rings. The van der Waals surface area contributed by atoms with Gasteiger partial charge in [0.15, 0.2) is 0 Å². The first kappa shape index (κ1) is 11.7. The molecule has 0 radical (unpaired) electrons. The third kappa shape index (κ3) is 3.36. The maximum absolute atomic E-state index is 11.5. The quantitative estimate of drug-likeness (QED) is 0.749. The normalized spacial score (nSPS) is 14.6. The number of nitrogens with zero attached hydrogens (tertiary/aromatic N) is 1. The Hall–Kier alpha value is -1.36. The van der Waals surface area contributed by atoms with E-state index in [0.29, 0.717) is 12.2 Å². The predicted molar refractivity (Wildman–Crippen MR) is 55.8 cm³/mol. The predicted octanol–water partition coefficient (Wildman–Crippen LogP) is 0.664. The van der Waals surface area contributed by atoms with Crippen LogP contribution in [-0.2, 0) is 11.3 Å². The molecule has 0 bridgehead atoms. The molecular weight excluding hydrogens is 194 g/mol. The largest absolute Gasteiger partial charge is 0.364 e. The van der Waals surface area contributed by atoms with Crippen molar-refractivity contribution >= 4 is 5.91 Å². The van der Waals surface area contributed by atoms with Crippen LogP contribution in [0.3, 0.4) is 0 Å². The first-order chi connectivity index (χ1) is 7.15. The molecule has 0 fully saturated rings. The monoisotopic (exact) mass is 211 g/mol. The zero-order valence-corrected chi connectivity index (χ0v) is 9.06. The molecule has 0 saturated carbocycles. The van der Waals surface area contributed by atoms with Crippen molar-refractivity contribution in [1.29, 1.82) is 0 Å². The molecule has 0 aliphatic heterocycles. The lowest BCUT2D eigenvalue weighted by Crippen LogP contribution is -2.44. The van der Waals surface area contributed by atoms with Crippen LogP contribution in [0.15, 0.2) is 16.9 Å². The van der Waals surface area contributed by atoms with Gasteiger partial charge in [-0.05, 0) is 5.92 Å². The number of rotatable bonds is 5. The van der Waals surface area contributed by atoms with Crippen molar-refractivity contribution in [3.63, 3.8) is 0 Å². The van der Waals surface area contributed by atoms with E-state index in [1.165, 1.54) is 6.26 Å². The van der Waals surface area contributed by atoms with Crippen molar-refractivity contribution in [2.45, 2.75) is 32.9 Å². The highest BCUT2D eigenvalue weighted by Crippen LogP contribution is 2.05. The Labute approximate surface area is 89.0 Å². The van der Waals surface area contributed by atoms with Crippen LogP contribution in [0.2, 0.25) is 0 Å². The highest BCUT2D eigenvalue weighted by Gasteiger charge is 2.18. The van der Waals surface area contributed by atoms with Crippen LogP contribution in [0, 0.1) is 5.92 Å². The van der Waals surface area contributed by atoms with Crippen molar-refractivity contribution in [2.24, 2.45) is 11.7 Å². The molecule has 84 valence electrons. The number of carbonyl (C=O) groups excluding carboxylic acids is 1. The van der Waals surface area contributed by atoms with Crippen LogP contribution >= 0.6 is 0 Å². The minimum Gasteiger partial charge on any atom is -0.364 e. The fraction of sp³-hybridized carbons (Fsp3) is 0.600. The summed E-state index contributed by atoms with van der Waals surface area (Å²) in [6, 6.07) is 1.25. The fourth-order valence-corrected chi connectivity index (χ4v) is 1.14. The molecule has 0 aromatic carbocycles. The van der Waals surface area contributed by atoms with E-state index in [-0.39, 0.29) is 11.8 Å². The second-order valence-corrected chi connectivity index (χ2v) is 3.62. The van der Waals surface area contributed by atoms with Crippen molar-refractivity contribution in [3.8, 4) is 0 Å². The van der Waals surface area contributed by atoms with Crippen LogP contribution < -0.4 is 11.1 Å². The zero-order chi connectivity index (χ0) is 11.3. The molecule has 1 amide bonds. The molecule has 1 aromatic heterocycles. The van der Waals surface area contributed by atoms with E-state index >= 15 is 0 Å². The summed E-state index contributed by atoms with van der Waals surface area (Å²) >= 11 is 0. The Morgan fingerprint density at radius 3 is 3.00 bits per heavy atom. The lowest BCUT2D eigenvalue weighted by atomic mass is 9.99. The van der Waals surface area contributed by atoms with Gasteiger partial charge in [0.1, 0.15) is 12.0 Å². The molecule has 2 atom stereocenters. The van der Waals surface area contributed by atoms with Crippen molar-refractivity contribution in [1.82, 2.24) is 10.5 Å². The summed E-state index contributed by atoms with van der Waals surface area (Å²) in [7, 11) is 0. The number of hydrogen-bond acceptors (Lipinski definition) is 4. The van der Waals surface area contributed by atoms with Crippen LogP contribution in [0.25, 0.3) is 0 Å². The van der Waals surface area contributed by atoms with Gasteiger partial charge in [-0.1, -0.05) is 25.4 Å². The van der Waals surface area contributed by atoms with Crippen molar-refractivity contribution in [2.75, 3.05) is 0 Å². The van der Waals surface area contributed by atoms with E-state index in [0.717, 1.165) is 6.42 Å². The second-order valence-electron chi connectivity index (χ2n) is 3.62. The summed E-state index contributed by atoms with van der Waals surface area (Å²) in [5.74, 6) is 0.0367. The molecule has 0 aliphatic carbocycles. The minimum atomic E-state index is -0.457. The number of nitrogens with two attached hydrogens (primary N) is 1. The third-order valence-electron chi connectivity index (χ3n) is 2.49. The minimum absolute atomic E-state index is 0.146. The van der Waals surface area contributed by atoms with Gasteiger partial charge in [-0.25, -0.2) is 0 Å². The first-order valence-corrected chi connectivity index (χ1v) is 5.07. The summed E-state index contributed by atoms with van der Waals surface area (Å²) in [5.41, 5.74) is 6.45. The third-order valence-corrected chi connectivity index (χ3v) is 2.49. The van der Waals surface area contributed by atoms with Crippen LogP contribution in [0.1, 0.15) is 26.0 Å². The molecule has 0 unspecified atom stereocenters. The molecule has 0 saturated heterocycles. The molecule has 1 heterocycles. The maximum atomic E-state index is 11.5. The topological polar surface area (TPSA) is 81.2 Å². The van der Waals surface area contributed by atoms with Gasteiger partial charge in [-0.3, -0.25) is 4.79 Å². The molecule has 5 heteroatoms. The standard InChI is InChI=1S/C10H17N3O2/c1-3-7(2)9(11)10(14)12-6-8-4-5-15-13-8/h4-5,7,9H,3,6,11H2,1-2H3,(H,12,14)/t7-,9-/m0/s1. The van der Waals surface area contributed by atoms with Gasteiger partial charge in [0, 0.05) is 6.07 Å². The van der Waals surface area contributed by atoms with Crippen molar-refractivity contribution in [3.05, 3.63) is 18.0 Å². The number of nitrogens with one attached hydrogen (secondary N) is 1. The van der Waals surface area contributed by atoms with Gasteiger partial charge in [-0.15, -0.1) is 0 Å². The van der Waals surface area contributed by atoms with Gasteiger partial charge in [0.05, 0.1) is 12.6 Å². The van der Waals surface area contributed by atoms with E-state index in [1.807, 2.05) is 13.8 Å². The fourth-order valence-electron chi connectivity index (χ4n) is 1.14. The Morgan fingerprint density at radius 2 is 2.47 bits per heavy atom. The summed E-state index contributed by atoms with van der Waals surface area (Å²) in [6.07, 6.45) is 2.36. The summed E-state index contributed by atoms with van der Waals surface area (Å²) < 4.78 is 4.64. The number of aromatic nitrogens is 1. The summed E-state index contributed by atoms with van der Waals surface area (Å²) in [6.45, 7) is 4.33. The van der Waals surface area contributed by atoms with E-state index in [9.17, 15) is 4.79 Å². The van der Waals surface area contributed by atoms with Crippen LogP contribution in [-0.4, -0.2) is 17.1 Å². The maximum Gasteiger partial charge on any atom is 0.237 e. The van der Waals surface area contributed by atoms with E-state index in [1.54, 1.807) is 6.07 Å². The van der Waals surface area contributed by atoms with Gasteiger partial charge in [0.2, 0.25) is 5.91 Å². The molecule has 3 N–H and O–H groups in total. The summed E-state index contributed by atoms with van der Waals surface area (Å²) in [5, 5.41) is 6.40. The Bertz CT molecular complexity index is 298. The van der Waals surface area contributed by atoms with Crippen molar-refractivity contribution < 1.29 is 9.32 Å². The van der Waals surface area contributed by atoms with Gasteiger partial charge < -0.3 is 15.6 Å². The number of hydrogen-bond donors (Lipinski definition) is 2. The summed E-state index contributed by atoms with van der Waals surface area (Å²) in [4.78, 5) is 11.5. The molecule has 0 aliphatic rings. The lowest BCUT2D eigenvalue weighted by molar-refractivity contribution is -0.123. The van der Waals surface area contributed by atoms with E-state index in [4.69, 9.17) is 5.73 Å². The van der Waals surface area contributed by atoms with E-state index in [2.05, 4.69) is 15.0 Å². The highest BCUT2D eigenvalue weighted by atomic mass is 16.5. The lowest BCUT2D eigenvalue weighted by Gasteiger charge is -2.17. The SMILES string of the molecule is CC[C@H](C)[C@H](N)C(=O)NCc1ccon1. The van der Waals surface area contributed by atoms with Gasteiger partial charge in [-0.2, -0.15) is 0 Å². The van der Waals surface area contributed by atoms with E-state index < -0.39 is 6.04 Å². The van der Waals surface area contributed by atoms with Crippen LogP contribution in [0.4, 0.5) is 0 Å². The van der Waals surface area contributed by atoms with Crippen LogP contribution in [0.5, 0.6) is 0 Å². The highest BCUT2D eigenvalue weighted by molar-refractivity contribution is 5.81. The van der Waals surface area contributed by atoms with Gasteiger partial charge >= 0.3 is 0 Å². The average molecular weight is 211 g/mol. The average Bonchev–Trinajstić information content (AvgIpc) is 2.76. The molecule has 15 heavy (non-hydrogen) atoms. The molecular formula is C10H17N3O2. The zero-order valence-electron chi connectivity index (χ0n) is 9.06. The number of amides is 1. The Morgan fingerprint density at radius 1 is 1.73 bits per heavy atom.